The Morgan fingerprint density at radius 3 is 2.34 bits per heavy atom. The molecule has 3 N–H and O–H groups in total. The SMILES string of the molecule is CCN(CC)CCC(=O)N[C@H]1CC[C@H](NC(=O)C2Cc3cccc(C)c3N2)CC1. The maximum atomic E-state index is 12.7. The second-order valence-electron chi connectivity index (χ2n) is 8.41. The summed E-state index contributed by atoms with van der Waals surface area (Å²) in [7, 11) is 0. The Hall–Kier alpha value is -2.08. The van der Waals surface area contributed by atoms with Crippen LogP contribution >= 0.6 is 0 Å². The smallest absolute Gasteiger partial charge is 0.243 e. The number of anilines is 1. The average molecular weight is 401 g/mol. The molecule has 1 aliphatic carbocycles. The molecule has 2 amide bonds. The highest BCUT2D eigenvalue weighted by Crippen LogP contribution is 2.29. The molecule has 2 aliphatic rings. The third kappa shape index (κ3) is 5.72. The number of aryl methyl sites for hydroxylation is 1. The lowest BCUT2D eigenvalue weighted by Crippen LogP contribution is -2.47. The van der Waals surface area contributed by atoms with E-state index in [9.17, 15) is 9.59 Å². The minimum absolute atomic E-state index is 0.0901. The first-order valence-corrected chi connectivity index (χ1v) is 11.2. The summed E-state index contributed by atoms with van der Waals surface area (Å²) in [5.74, 6) is 0.236. The zero-order valence-electron chi connectivity index (χ0n) is 18.1. The number of nitrogens with zero attached hydrogens (tertiary/aromatic N) is 1. The first-order chi connectivity index (χ1) is 14.0. The van der Waals surface area contributed by atoms with Gasteiger partial charge < -0.3 is 20.9 Å². The Morgan fingerprint density at radius 1 is 1.07 bits per heavy atom. The molecule has 0 spiro atoms. The number of carbonyl (C=O) groups excluding carboxylic acids is 2. The summed E-state index contributed by atoms with van der Waals surface area (Å²) in [6, 6.07) is 6.49. The highest BCUT2D eigenvalue weighted by molar-refractivity contribution is 5.88. The van der Waals surface area contributed by atoms with E-state index in [0.29, 0.717) is 6.42 Å². The Bertz CT molecular complexity index is 709. The first kappa shape index (κ1) is 21.6. The molecule has 1 saturated carbocycles. The van der Waals surface area contributed by atoms with Gasteiger partial charge in [-0.05, 0) is 56.8 Å². The van der Waals surface area contributed by atoms with Crippen LogP contribution in [-0.4, -0.2) is 54.5 Å². The fourth-order valence-electron chi connectivity index (χ4n) is 4.49. The van der Waals surface area contributed by atoms with Crippen molar-refractivity contribution in [3.63, 3.8) is 0 Å². The number of fused-ring (bicyclic) bond motifs is 1. The fraction of sp³-hybridized carbons (Fsp3) is 0.652. The lowest BCUT2D eigenvalue weighted by atomic mass is 9.90. The molecule has 0 bridgehead atoms. The molecule has 160 valence electrons. The topological polar surface area (TPSA) is 73.5 Å². The molecule has 1 fully saturated rings. The van der Waals surface area contributed by atoms with Gasteiger partial charge in [0.15, 0.2) is 0 Å². The minimum Gasteiger partial charge on any atom is -0.373 e. The van der Waals surface area contributed by atoms with Crippen LogP contribution in [0.3, 0.4) is 0 Å². The summed E-state index contributed by atoms with van der Waals surface area (Å²) in [4.78, 5) is 27.2. The number of benzene rings is 1. The zero-order chi connectivity index (χ0) is 20.8. The number of carbonyl (C=O) groups is 2. The van der Waals surface area contributed by atoms with Crippen LogP contribution in [0.5, 0.6) is 0 Å². The predicted molar refractivity (Wildman–Crippen MR) is 117 cm³/mol. The normalized spacial score (nSPS) is 23.4. The van der Waals surface area contributed by atoms with Crippen LogP contribution in [0.2, 0.25) is 0 Å². The largest absolute Gasteiger partial charge is 0.373 e. The van der Waals surface area contributed by atoms with Gasteiger partial charge in [0.2, 0.25) is 11.8 Å². The Morgan fingerprint density at radius 2 is 1.72 bits per heavy atom. The number of hydrogen-bond donors (Lipinski definition) is 3. The third-order valence-electron chi connectivity index (χ3n) is 6.41. The van der Waals surface area contributed by atoms with E-state index in [1.807, 2.05) is 6.07 Å². The van der Waals surface area contributed by atoms with Crippen molar-refractivity contribution in [2.45, 2.75) is 77.4 Å². The Balaban J connectivity index is 1.37. The van der Waals surface area contributed by atoms with Gasteiger partial charge in [0.1, 0.15) is 6.04 Å². The number of nitrogens with one attached hydrogen (secondary N) is 3. The first-order valence-electron chi connectivity index (χ1n) is 11.2. The zero-order valence-corrected chi connectivity index (χ0v) is 18.1. The number of para-hydroxylation sites is 1. The summed E-state index contributed by atoms with van der Waals surface area (Å²) in [6.45, 7) is 9.10. The molecule has 29 heavy (non-hydrogen) atoms. The van der Waals surface area contributed by atoms with Crippen molar-refractivity contribution in [3.8, 4) is 0 Å². The van der Waals surface area contributed by atoms with Crippen molar-refractivity contribution in [1.29, 1.82) is 0 Å². The molecule has 1 aliphatic heterocycles. The van der Waals surface area contributed by atoms with E-state index in [1.165, 1.54) is 11.1 Å². The van der Waals surface area contributed by atoms with E-state index in [4.69, 9.17) is 0 Å². The van der Waals surface area contributed by atoms with Crippen molar-refractivity contribution in [1.82, 2.24) is 15.5 Å². The van der Waals surface area contributed by atoms with Gasteiger partial charge >= 0.3 is 0 Å². The molecular weight excluding hydrogens is 364 g/mol. The molecule has 0 saturated heterocycles. The van der Waals surface area contributed by atoms with Crippen LogP contribution in [0, 0.1) is 6.92 Å². The lowest BCUT2D eigenvalue weighted by molar-refractivity contribution is -0.124. The number of amides is 2. The average Bonchev–Trinajstić information content (AvgIpc) is 3.16. The van der Waals surface area contributed by atoms with Gasteiger partial charge in [0.05, 0.1) is 0 Å². The molecule has 1 atom stereocenters. The Labute approximate surface area is 174 Å². The standard InChI is InChI=1S/C23H36N4O2/c1-4-27(5-2)14-13-21(28)24-18-9-11-19(12-10-18)25-23(29)20-15-17-8-6-7-16(3)22(17)26-20/h6-8,18-20,26H,4-5,9-15H2,1-3H3,(H,24,28)(H,25,29)/t18-,19-,20?. The van der Waals surface area contributed by atoms with Gasteiger partial charge in [0, 0.05) is 37.2 Å². The second kappa shape index (κ2) is 10.1. The van der Waals surface area contributed by atoms with Crippen LogP contribution < -0.4 is 16.0 Å². The lowest BCUT2D eigenvalue weighted by Gasteiger charge is -2.30. The summed E-state index contributed by atoms with van der Waals surface area (Å²) in [5, 5.41) is 9.79. The van der Waals surface area contributed by atoms with Crippen molar-refractivity contribution >= 4 is 17.5 Å². The molecule has 1 aromatic rings. The van der Waals surface area contributed by atoms with Crippen molar-refractivity contribution in [2.24, 2.45) is 0 Å². The maximum Gasteiger partial charge on any atom is 0.243 e. The van der Waals surface area contributed by atoms with Gasteiger partial charge in [-0.1, -0.05) is 32.0 Å². The molecule has 1 unspecified atom stereocenters. The molecule has 1 aromatic carbocycles. The monoisotopic (exact) mass is 400 g/mol. The molecule has 0 radical (unpaired) electrons. The van der Waals surface area contributed by atoms with E-state index >= 15 is 0 Å². The summed E-state index contributed by atoms with van der Waals surface area (Å²) < 4.78 is 0. The summed E-state index contributed by atoms with van der Waals surface area (Å²) in [6.07, 6.45) is 5.02. The Kier molecular flexibility index (Phi) is 7.53. The third-order valence-corrected chi connectivity index (χ3v) is 6.41. The minimum atomic E-state index is -0.177. The second-order valence-corrected chi connectivity index (χ2v) is 8.41. The highest BCUT2D eigenvalue weighted by atomic mass is 16.2. The van der Waals surface area contributed by atoms with Crippen LogP contribution in [0.1, 0.15) is 57.1 Å². The molecule has 6 nitrogen and oxygen atoms in total. The molecular formula is C23H36N4O2. The van der Waals surface area contributed by atoms with Gasteiger partial charge in [-0.25, -0.2) is 0 Å². The maximum absolute atomic E-state index is 12.7. The van der Waals surface area contributed by atoms with Crippen LogP contribution in [0.25, 0.3) is 0 Å². The van der Waals surface area contributed by atoms with E-state index in [0.717, 1.165) is 57.4 Å². The van der Waals surface area contributed by atoms with Gasteiger partial charge in [-0.2, -0.15) is 0 Å². The number of hydrogen-bond acceptors (Lipinski definition) is 4. The predicted octanol–water partition coefficient (Wildman–Crippen LogP) is 2.61. The molecule has 6 heteroatoms. The highest BCUT2D eigenvalue weighted by Gasteiger charge is 2.30. The summed E-state index contributed by atoms with van der Waals surface area (Å²) in [5.41, 5.74) is 3.53. The summed E-state index contributed by atoms with van der Waals surface area (Å²) >= 11 is 0. The van der Waals surface area contributed by atoms with Gasteiger partial charge in [-0.3, -0.25) is 9.59 Å². The molecule has 0 aromatic heterocycles. The van der Waals surface area contributed by atoms with Gasteiger partial charge in [-0.15, -0.1) is 0 Å². The van der Waals surface area contributed by atoms with E-state index in [1.54, 1.807) is 0 Å². The van der Waals surface area contributed by atoms with Crippen LogP contribution in [0.15, 0.2) is 18.2 Å². The van der Waals surface area contributed by atoms with Gasteiger partial charge in [0.25, 0.3) is 0 Å². The molecule has 3 rings (SSSR count). The van der Waals surface area contributed by atoms with E-state index < -0.39 is 0 Å². The van der Waals surface area contributed by atoms with Crippen molar-refractivity contribution in [3.05, 3.63) is 29.3 Å². The number of rotatable bonds is 8. The van der Waals surface area contributed by atoms with Crippen LogP contribution in [0.4, 0.5) is 5.69 Å². The van der Waals surface area contributed by atoms with E-state index in [2.05, 4.69) is 53.8 Å². The van der Waals surface area contributed by atoms with Crippen molar-refractivity contribution in [2.75, 3.05) is 25.0 Å². The fourth-order valence-corrected chi connectivity index (χ4v) is 4.49. The van der Waals surface area contributed by atoms with Crippen molar-refractivity contribution < 1.29 is 9.59 Å². The van der Waals surface area contributed by atoms with Crippen LogP contribution in [-0.2, 0) is 16.0 Å². The molecule has 1 heterocycles. The van der Waals surface area contributed by atoms with E-state index in [-0.39, 0.29) is 29.9 Å². The quantitative estimate of drug-likeness (QED) is 0.627.